The molecule has 158 valence electrons. The monoisotopic (exact) mass is 407 g/mol. The summed E-state index contributed by atoms with van der Waals surface area (Å²) in [6, 6.07) is 18.3. The highest BCUT2D eigenvalue weighted by Crippen LogP contribution is 2.33. The number of nitrogens with one attached hydrogen (secondary N) is 1. The third kappa shape index (κ3) is 4.37. The molecular weight excluding hydrogens is 378 g/mol. The van der Waals surface area contributed by atoms with Gasteiger partial charge in [0, 0.05) is 19.5 Å². The van der Waals surface area contributed by atoms with Crippen LogP contribution in [0.4, 0.5) is 4.79 Å². The van der Waals surface area contributed by atoms with Gasteiger partial charge in [0.1, 0.15) is 6.54 Å². The van der Waals surface area contributed by atoms with Crippen molar-refractivity contribution in [2.75, 3.05) is 19.6 Å². The van der Waals surface area contributed by atoms with E-state index in [9.17, 15) is 14.4 Å². The second-order valence-corrected chi connectivity index (χ2v) is 7.58. The summed E-state index contributed by atoms with van der Waals surface area (Å²) in [5.41, 5.74) is 0.419. The highest BCUT2D eigenvalue weighted by molar-refractivity contribution is 6.09. The van der Waals surface area contributed by atoms with Gasteiger partial charge in [-0.1, -0.05) is 74.0 Å². The number of hydrogen-bond acceptors (Lipinski definition) is 3. The highest BCUT2D eigenvalue weighted by Gasteiger charge is 2.52. The van der Waals surface area contributed by atoms with Gasteiger partial charge in [0.25, 0.3) is 5.91 Å². The zero-order valence-corrected chi connectivity index (χ0v) is 17.6. The largest absolute Gasteiger partial charge is 0.341 e. The molecule has 0 aromatic heterocycles. The van der Waals surface area contributed by atoms with Crippen molar-refractivity contribution >= 4 is 17.8 Å². The van der Waals surface area contributed by atoms with Gasteiger partial charge in [0.15, 0.2) is 5.54 Å². The first-order valence-electron chi connectivity index (χ1n) is 10.5. The minimum Gasteiger partial charge on any atom is -0.341 e. The van der Waals surface area contributed by atoms with Crippen molar-refractivity contribution in [3.05, 3.63) is 71.8 Å². The smallest absolute Gasteiger partial charge is 0.325 e. The number of carbonyl (C=O) groups is 3. The Morgan fingerprint density at radius 3 is 2.23 bits per heavy atom. The third-order valence-corrected chi connectivity index (χ3v) is 5.56. The van der Waals surface area contributed by atoms with E-state index in [0.717, 1.165) is 23.3 Å². The van der Waals surface area contributed by atoms with Crippen LogP contribution in [0, 0.1) is 0 Å². The molecule has 6 heteroatoms. The number of unbranched alkanes of at least 4 members (excludes halogenated alkanes) is 1. The van der Waals surface area contributed by atoms with Gasteiger partial charge in [-0.15, -0.1) is 0 Å². The number of amides is 4. The molecule has 3 rings (SSSR count). The minimum absolute atomic E-state index is 0.210. The lowest BCUT2D eigenvalue weighted by Crippen LogP contribution is -2.47. The molecule has 1 fully saturated rings. The summed E-state index contributed by atoms with van der Waals surface area (Å²) in [4.78, 5) is 42.0. The molecule has 1 aliphatic rings. The molecule has 1 N–H and O–H groups in total. The zero-order valence-electron chi connectivity index (χ0n) is 17.6. The fraction of sp³-hybridized carbons (Fsp3) is 0.375. The molecule has 1 heterocycles. The van der Waals surface area contributed by atoms with Crippen molar-refractivity contribution in [2.24, 2.45) is 0 Å². The van der Waals surface area contributed by atoms with E-state index in [1.54, 1.807) is 4.90 Å². The van der Waals surface area contributed by atoms with Gasteiger partial charge in [-0.25, -0.2) is 4.79 Å². The Kier molecular flexibility index (Phi) is 6.87. The first kappa shape index (κ1) is 21.6. The number of nitrogens with zero attached hydrogens (tertiary/aromatic N) is 2. The SMILES string of the molecule is CCCCN(CC)C(=O)CN1C(=O)N[C@@](Cc2ccccc2)(c2ccccc2)C1=O. The lowest BCUT2D eigenvalue weighted by molar-refractivity contribution is -0.139. The van der Waals surface area contributed by atoms with Crippen LogP contribution >= 0.6 is 0 Å². The molecule has 1 atom stereocenters. The molecule has 0 spiro atoms. The summed E-state index contributed by atoms with van der Waals surface area (Å²) in [7, 11) is 0. The Bertz CT molecular complexity index is 885. The Morgan fingerprint density at radius 1 is 1.00 bits per heavy atom. The summed E-state index contributed by atoms with van der Waals surface area (Å²) < 4.78 is 0. The molecule has 4 amide bonds. The predicted molar refractivity (Wildman–Crippen MR) is 116 cm³/mol. The summed E-state index contributed by atoms with van der Waals surface area (Å²) >= 11 is 0. The van der Waals surface area contributed by atoms with Gasteiger partial charge >= 0.3 is 6.03 Å². The first-order chi connectivity index (χ1) is 14.5. The van der Waals surface area contributed by atoms with Crippen LogP contribution in [0.1, 0.15) is 37.8 Å². The number of benzene rings is 2. The van der Waals surface area contributed by atoms with Gasteiger partial charge < -0.3 is 10.2 Å². The van der Waals surface area contributed by atoms with E-state index >= 15 is 0 Å². The lowest BCUT2D eigenvalue weighted by Gasteiger charge is -2.28. The predicted octanol–water partition coefficient (Wildman–Crippen LogP) is 3.33. The number of imide groups is 1. The number of hydrogen-bond donors (Lipinski definition) is 1. The number of urea groups is 1. The molecule has 30 heavy (non-hydrogen) atoms. The molecule has 0 bridgehead atoms. The number of rotatable bonds is 9. The van der Waals surface area contributed by atoms with Crippen LogP contribution in [0.15, 0.2) is 60.7 Å². The van der Waals surface area contributed by atoms with Crippen molar-refractivity contribution in [3.8, 4) is 0 Å². The van der Waals surface area contributed by atoms with E-state index in [1.165, 1.54) is 0 Å². The van der Waals surface area contributed by atoms with E-state index in [2.05, 4.69) is 12.2 Å². The van der Waals surface area contributed by atoms with Crippen molar-refractivity contribution in [1.29, 1.82) is 0 Å². The molecule has 6 nitrogen and oxygen atoms in total. The molecule has 0 saturated carbocycles. The summed E-state index contributed by atoms with van der Waals surface area (Å²) in [6.45, 7) is 4.90. The van der Waals surface area contributed by atoms with Crippen LogP contribution in [0.5, 0.6) is 0 Å². The average Bonchev–Trinajstić information content (AvgIpc) is 3.00. The maximum Gasteiger partial charge on any atom is 0.325 e. The lowest BCUT2D eigenvalue weighted by atomic mass is 9.83. The van der Waals surface area contributed by atoms with Crippen molar-refractivity contribution in [1.82, 2.24) is 15.1 Å². The maximum atomic E-state index is 13.6. The summed E-state index contributed by atoms with van der Waals surface area (Å²) in [6.07, 6.45) is 2.18. The van der Waals surface area contributed by atoms with Crippen LogP contribution < -0.4 is 5.32 Å². The molecule has 1 saturated heterocycles. The maximum absolute atomic E-state index is 13.6. The number of carbonyl (C=O) groups excluding carboxylic acids is 3. The second-order valence-electron chi connectivity index (χ2n) is 7.58. The van der Waals surface area contributed by atoms with Gasteiger partial charge in [-0.2, -0.15) is 0 Å². The molecule has 0 radical (unpaired) electrons. The van der Waals surface area contributed by atoms with E-state index in [0.29, 0.717) is 25.1 Å². The minimum atomic E-state index is -1.22. The van der Waals surface area contributed by atoms with Gasteiger partial charge in [-0.3, -0.25) is 14.5 Å². The average molecular weight is 408 g/mol. The highest BCUT2D eigenvalue weighted by atomic mass is 16.2. The van der Waals surface area contributed by atoms with Crippen LogP contribution in [0.3, 0.4) is 0 Å². The Labute approximate surface area is 177 Å². The molecule has 0 aliphatic carbocycles. The van der Waals surface area contributed by atoms with E-state index in [1.807, 2.05) is 67.6 Å². The van der Waals surface area contributed by atoms with Gasteiger partial charge in [0.05, 0.1) is 0 Å². The Hall–Kier alpha value is -3.15. The standard InChI is InChI=1S/C24H29N3O3/c1-3-5-16-26(4-2)21(28)18-27-22(29)24(25-23(27)30,20-14-10-7-11-15-20)17-19-12-8-6-9-13-19/h6-15H,3-5,16-18H2,1-2H3,(H,25,30)/t24-/m0/s1. The van der Waals surface area contributed by atoms with Gasteiger partial charge in [0.2, 0.25) is 5.91 Å². The normalized spacial score (nSPS) is 18.4. The van der Waals surface area contributed by atoms with Crippen molar-refractivity contribution in [3.63, 3.8) is 0 Å². The fourth-order valence-electron chi connectivity index (χ4n) is 3.86. The molecule has 1 aliphatic heterocycles. The van der Waals surface area contributed by atoms with Crippen LogP contribution in [-0.4, -0.2) is 47.3 Å². The molecular formula is C24H29N3O3. The van der Waals surface area contributed by atoms with E-state index in [-0.39, 0.29) is 18.4 Å². The first-order valence-corrected chi connectivity index (χ1v) is 10.5. The Balaban J connectivity index is 1.89. The Morgan fingerprint density at radius 2 is 1.63 bits per heavy atom. The quantitative estimate of drug-likeness (QED) is 0.648. The third-order valence-electron chi connectivity index (χ3n) is 5.56. The molecule has 2 aromatic rings. The topological polar surface area (TPSA) is 69.7 Å². The fourth-order valence-corrected chi connectivity index (χ4v) is 3.86. The number of likely N-dealkylation sites (N-methyl/N-ethyl adjacent to an activating group) is 1. The van der Waals surface area contributed by atoms with Gasteiger partial charge in [-0.05, 0) is 24.5 Å². The zero-order chi connectivity index (χ0) is 21.6. The van der Waals surface area contributed by atoms with Crippen LogP contribution in [0.25, 0.3) is 0 Å². The molecule has 2 aromatic carbocycles. The summed E-state index contributed by atoms with van der Waals surface area (Å²) in [5, 5.41) is 2.90. The van der Waals surface area contributed by atoms with Crippen molar-refractivity contribution < 1.29 is 14.4 Å². The van der Waals surface area contributed by atoms with Crippen LogP contribution in [-0.2, 0) is 21.5 Å². The van der Waals surface area contributed by atoms with E-state index < -0.39 is 11.6 Å². The summed E-state index contributed by atoms with van der Waals surface area (Å²) in [5.74, 6) is -0.597. The van der Waals surface area contributed by atoms with Crippen LogP contribution in [0.2, 0.25) is 0 Å². The second kappa shape index (κ2) is 9.57. The van der Waals surface area contributed by atoms with E-state index in [4.69, 9.17) is 0 Å². The van der Waals surface area contributed by atoms with Crippen molar-refractivity contribution in [2.45, 2.75) is 38.6 Å². The molecule has 0 unspecified atom stereocenters.